The second kappa shape index (κ2) is 6.33. The molecule has 0 atom stereocenters. The number of methoxy groups -OCH3 is 1. The van der Waals surface area contributed by atoms with Gasteiger partial charge < -0.3 is 14.8 Å². The van der Waals surface area contributed by atoms with Crippen LogP contribution in [0.1, 0.15) is 21.7 Å². The Morgan fingerprint density at radius 1 is 1.29 bits per heavy atom. The van der Waals surface area contributed by atoms with Crippen LogP contribution in [-0.4, -0.2) is 33.9 Å². The van der Waals surface area contributed by atoms with Crippen LogP contribution in [0.2, 0.25) is 5.02 Å². The monoisotopic (exact) mass is 344 g/mol. The van der Waals surface area contributed by atoms with Crippen molar-refractivity contribution in [2.75, 3.05) is 7.11 Å². The Balaban J connectivity index is 2.16. The summed E-state index contributed by atoms with van der Waals surface area (Å²) in [6.07, 6.45) is 1.16. The fourth-order valence-corrected chi connectivity index (χ4v) is 2.71. The summed E-state index contributed by atoms with van der Waals surface area (Å²) in [5.74, 6) is -0.951. The van der Waals surface area contributed by atoms with Gasteiger partial charge >= 0.3 is 5.97 Å². The maximum atomic E-state index is 12.8. The second-order valence-electron chi connectivity index (χ2n) is 5.15. The summed E-state index contributed by atoms with van der Waals surface area (Å²) in [5.41, 5.74) is 1.38. The molecule has 0 aliphatic rings. The van der Waals surface area contributed by atoms with Crippen molar-refractivity contribution in [2.45, 2.75) is 6.42 Å². The molecular formula is C17H13ClN2O4. The van der Waals surface area contributed by atoms with Crippen LogP contribution in [-0.2, 0) is 11.2 Å². The zero-order valence-corrected chi connectivity index (χ0v) is 13.4. The number of aromatic nitrogens is 2. The minimum atomic E-state index is -1.04. The Hall–Kier alpha value is -2.86. The number of carboxylic acids is 1. The van der Waals surface area contributed by atoms with E-state index in [-0.39, 0.29) is 17.8 Å². The molecule has 0 spiro atoms. The van der Waals surface area contributed by atoms with Gasteiger partial charge in [0.15, 0.2) is 0 Å². The number of ketones is 1. The maximum absolute atomic E-state index is 12.8. The van der Waals surface area contributed by atoms with Gasteiger partial charge in [-0.15, -0.1) is 0 Å². The molecule has 122 valence electrons. The van der Waals surface area contributed by atoms with Crippen LogP contribution in [0, 0.1) is 0 Å². The first kappa shape index (κ1) is 16.0. The molecule has 0 bridgehead atoms. The summed E-state index contributed by atoms with van der Waals surface area (Å²) < 4.78 is 5.10. The number of carboxylic acid groups (broad SMARTS) is 1. The molecule has 2 heterocycles. The van der Waals surface area contributed by atoms with Gasteiger partial charge in [0.2, 0.25) is 5.78 Å². The topological polar surface area (TPSA) is 92.3 Å². The van der Waals surface area contributed by atoms with E-state index in [1.54, 1.807) is 24.3 Å². The largest absolute Gasteiger partial charge is 0.497 e. The zero-order valence-electron chi connectivity index (χ0n) is 12.7. The SMILES string of the molecule is COc1ccnc(C(=O)c2[nH]c3ccc(Cl)cc3c2CC(=O)O)c1. The normalized spacial score (nSPS) is 10.8. The van der Waals surface area contributed by atoms with Gasteiger partial charge in [-0.2, -0.15) is 0 Å². The third-order valence-electron chi connectivity index (χ3n) is 3.62. The van der Waals surface area contributed by atoms with Crippen molar-refractivity contribution in [3.63, 3.8) is 0 Å². The van der Waals surface area contributed by atoms with E-state index in [9.17, 15) is 14.7 Å². The molecule has 0 radical (unpaired) electrons. The Labute approximate surface area is 142 Å². The first-order valence-electron chi connectivity index (χ1n) is 7.06. The first-order valence-corrected chi connectivity index (χ1v) is 7.44. The fourth-order valence-electron chi connectivity index (χ4n) is 2.54. The number of nitrogens with zero attached hydrogens (tertiary/aromatic N) is 1. The van der Waals surface area contributed by atoms with Crippen molar-refractivity contribution in [2.24, 2.45) is 0 Å². The van der Waals surface area contributed by atoms with E-state index < -0.39 is 11.8 Å². The lowest BCUT2D eigenvalue weighted by atomic mass is 10.0. The van der Waals surface area contributed by atoms with Crippen LogP contribution in [0.5, 0.6) is 5.75 Å². The third-order valence-corrected chi connectivity index (χ3v) is 3.86. The van der Waals surface area contributed by atoms with Gasteiger partial charge in [-0.1, -0.05) is 11.6 Å². The number of rotatable bonds is 5. The zero-order chi connectivity index (χ0) is 17.3. The molecule has 7 heteroatoms. The summed E-state index contributed by atoms with van der Waals surface area (Å²) in [4.78, 5) is 31.0. The Kier molecular flexibility index (Phi) is 4.22. The quantitative estimate of drug-likeness (QED) is 0.694. The number of hydrogen-bond donors (Lipinski definition) is 2. The number of hydrogen-bond acceptors (Lipinski definition) is 4. The first-order chi connectivity index (χ1) is 11.5. The Morgan fingerprint density at radius 2 is 2.08 bits per heavy atom. The van der Waals surface area contributed by atoms with E-state index in [1.165, 1.54) is 19.4 Å². The smallest absolute Gasteiger partial charge is 0.307 e. The van der Waals surface area contributed by atoms with E-state index in [1.807, 2.05) is 0 Å². The third kappa shape index (κ3) is 2.96. The van der Waals surface area contributed by atoms with E-state index in [4.69, 9.17) is 16.3 Å². The lowest BCUT2D eigenvalue weighted by Crippen LogP contribution is -2.10. The summed E-state index contributed by atoms with van der Waals surface area (Å²) in [6.45, 7) is 0. The van der Waals surface area contributed by atoms with Crippen LogP contribution >= 0.6 is 11.6 Å². The van der Waals surface area contributed by atoms with Crippen molar-refractivity contribution < 1.29 is 19.4 Å². The highest BCUT2D eigenvalue weighted by Crippen LogP contribution is 2.28. The van der Waals surface area contributed by atoms with Crippen molar-refractivity contribution >= 4 is 34.3 Å². The number of nitrogens with one attached hydrogen (secondary N) is 1. The molecule has 6 nitrogen and oxygen atoms in total. The molecule has 0 amide bonds. The molecule has 2 N–H and O–H groups in total. The number of aliphatic carboxylic acids is 1. The van der Waals surface area contributed by atoms with Crippen molar-refractivity contribution in [1.82, 2.24) is 9.97 Å². The van der Waals surface area contributed by atoms with Gasteiger partial charge in [0.05, 0.1) is 19.2 Å². The van der Waals surface area contributed by atoms with E-state index in [0.717, 1.165) is 0 Å². The molecule has 0 aliphatic carbocycles. The molecule has 0 unspecified atom stereocenters. The summed E-state index contributed by atoms with van der Waals surface area (Å²) in [7, 11) is 1.49. The molecule has 0 aliphatic heterocycles. The number of H-pyrrole nitrogens is 1. The second-order valence-corrected chi connectivity index (χ2v) is 5.59. The van der Waals surface area contributed by atoms with Crippen LogP contribution in [0.4, 0.5) is 0 Å². The number of aromatic amines is 1. The molecule has 0 fully saturated rings. The molecule has 0 saturated carbocycles. The highest BCUT2D eigenvalue weighted by atomic mass is 35.5. The average molecular weight is 345 g/mol. The average Bonchev–Trinajstić information content (AvgIpc) is 2.91. The highest BCUT2D eigenvalue weighted by molar-refractivity contribution is 6.31. The number of carbonyl (C=O) groups is 2. The molecule has 3 rings (SSSR count). The molecular weight excluding hydrogens is 332 g/mol. The van der Waals surface area contributed by atoms with Gasteiger partial charge in [-0.05, 0) is 24.3 Å². The van der Waals surface area contributed by atoms with Crippen LogP contribution in [0.25, 0.3) is 10.9 Å². The lowest BCUT2D eigenvalue weighted by Gasteiger charge is -2.04. The van der Waals surface area contributed by atoms with Crippen LogP contribution in [0.15, 0.2) is 36.5 Å². The van der Waals surface area contributed by atoms with Gasteiger partial charge in [0.1, 0.15) is 11.4 Å². The minimum absolute atomic E-state index is 0.165. The molecule has 24 heavy (non-hydrogen) atoms. The molecule has 1 aromatic carbocycles. The van der Waals surface area contributed by atoms with Crippen LogP contribution < -0.4 is 4.74 Å². The van der Waals surface area contributed by atoms with Gasteiger partial charge in [-0.25, -0.2) is 0 Å². The number of ether oxygens (including phenoxy) is 1. The number of benzene rings is 1. The van der Waals surface area contributed by atoms with Gasteiger partial charge in [0.25, 0.3) is 0 Å². The van der Waals surface area contributed by atoms with Gasteiger partial charge in [-0.3, -0.25) is 14.6 Å². The fraction of sp³-hybridized carbons (Fsp3) is 0.118. The number of carbonyl (C=O) groups excluding carboxylic acids is 1. The van der Waals surface area contributed by atoms with Crippen molar-refractivity contribution in [3.05, 3.63) is 58.5 Å². The standard InChI is InChI=1S/C17H13ClN2O4/c1-24-10-4-5-19-14(7-10)17(23)16-12(8-15(21)22)11-6-9(18)2-3-13(11)20-16/h2-7,20H,8H2,1H3,(H,21,22). The summed E-state index contributed by atoms with van der Waals surface area (Å²) >= 11 is 6.00. The molecule has 3 aromatic rings. The van der Waals surface area contributed by atoms with E-state index >= 15 is 0 Å². The van der Waals surface area contributed by atoms with Crippen LogP contribution in [0.3, 0.4) is 0 Å². The molecule has 2 aromatic heterocycles. The Bertz CT molecular complexity index is 949. The molecule has 0 saturated heterocycles. The maximum Gasteiger partial charge on any atom is 0.307 e. The van der Waals surface area contributed by atoms with Crippen molar-refractivity contribution in [3.8, 4) is 5.75 Å². The van der Waals surface area contributed by atoms with Crippen molar-refractivity contribution in [1.29, 1.82) is 0 Å². The van der Waals surface area contributed by atoms with E-state index in [2.05, 4.69) is 9.97 Å². The summed E-state index contributed by atoms with van der Waals surface area (Å²) in [5, 5.41) is 10.3. The predicted octanol–water partition coefficient (Wildman–Crippen LogP) is 3.08. The highest BCUT2D eigenvalue weighted by Gasteiger charge is 2.22. The van der Waals surface area contributed by atoms with Gasteiger partial charge in [0, 0.05) is 33.8 Å². The number of fused-ring (bicyclic) bond motifs is 1. The number of pyridine rings is 1. The predicted molar refractivity (Wildman–Crippen MR) is 88.9 cm³/mol. The van der Waals surface area contributed by atoms with E-state index in [0.29, 0.717) is 27.2 Å². The Morgan fingerprint density at radius 3 is 2.79 bits per heavy atom. The number of halogens is 1. The lowest BCUT2D eigenvalue weighted by molar-refractivity contribution is -0.136. The summed E-state index contributed by atoms with van der Waals surface area (Å²) in [6, 6.07) is 8.15. The minimum Gasteiger partial charge on any atom is -0.497 e.